The van der Waals surface area contributed by atoms with E-state index in [0.29, 0.717) is 22.0 Å². The first-order valence-corrected chi connectivity index (χ1v) is 7.94. The molecule has 0 radical (unpaired) electrons. The summed E-state index contributed by atoms with van der Waals surface area (Å²) in [5.41, 5.74) is 1.09. The number of hydrogen-bond acceptors (Lipinski definition) is 5. The Morgan fingerprint density at radius 3 is 2.50 bits per heavy atom. The highest BCUT2D eigenvalue weighted by Crippen LogP contribution is 2.39. The largest absolute Gasteiger partial charge is 0.491 e. The Morgan fingerprint density at radius 2 is 2.00 bits per heavy atom. The van der Waals surface area contributed by atoms with E-state index in [9.17, 15) is 0 Å². The lowest BCUT2D eigenvalue weighted by atomic mass is 9.78. The summed E-state index contributed by atoms with van der Waals surface area (Å²) in [5, 5.41) is 9.30. The lowest BCUT2D eigenvalue weighted by molar-refractivity contribution is 0.00578. The van der Waals surface area contributed by atoms with Crippen molar-refractivity contribution in [3.63, 3.8) is 0 Å². The molecule has 0 bridgehead atoms. The highest BCUT2D eigenvalue weighted by atomic mass is 35.5. The van der Waals surface area contributed by atoms with E-state index in [2.05, 4.69) is 17.6 Å². The van der Waals surface area contributed by atoms with Crippen LogP contribution < -0.4 is 0 Å². The molecular weight excluding hydrogens is 319 g/mol. The molecule has 1 aliphatic rings. The second-order valence-electron chi connectivity index (χ2n) is 6.18. The number of halogens is 1. The van der Waals surface area contributed by atoms with Crippen LogP contribution in [0.3, 0.4) is 0 Å². The Bertz CT molecular complexity index is 639. The summed E-state index contributed by atoms with van der Waals surface area (Å²) in [6.07, 6.45) is 3.26. The summed E-state index contributed by atoms with van der Waals surface area (Å²) in [6, 6.07) is 3.73. The molecular formula is C15H18BClN2O2S. The zero-order valence-electron chi connectivity index (χ0n) is 13.1. The van der Waals surface area contributed by atoms with Gasteiger partial charge in [-0.3, -0.25) is 0 Å². The molecule has 116 valence electrons. The van der Waals surface area contributed by atoms with E-state index in [1.54, 1.807) is 6.07 Å². The predicted octanol–water partition coefficient (Wildman–Crippen LogP) is 3.55. The van der Waals surface area contributed by atoms with Crippen molar-refractivity contribution in [2.75, 3.05) is 5.75 Å². The molecule has 1 aliphatic heterocycles. The minimum atomic E-state index is -0.496. The van der Waals surface area contributed by atoms with Gasteiger partial charge in [0.25, 0.3) is 0 Å². The summed E-state index contributed by atoms with van der Waals surface area (Å²) in [5.74, 6) is 0.448. The quantitative estimate of drug-likeness (QED) is 0.521. The number of rotatable bonds is 3. The molecule has 0 N–H and O–H groups in total. The maximum Gasteiger partial charge on any atom is 0.491 e. The number of thiol groups is 1. The fourth-order valence-corrected chi connectivity index (χ4v) is 2.41. The molecule has 2 rings (SSSR count). The molecule has 0 aromatic carbocycles. The molecule has 0 amide bonds. The molecule has 0 spiro atoms. The van der Waals surface area contributed by atoms with Gasteiger partial charge < -0.3 is 9.31 Å². The third kappa shape index (κ3) is 3.33. The van der Waals surface area contributed by atoms with Crippen molar-refractivity contribution in [2.24, 2.45) is 0 Å². The van der Waals surface area contributed by atoms with Crippen LogP contribution in [0.5, 0.6) is 0 Å². The maximum absolute atomic E-state index is 8.97. The Hall–Kier alpha value is -0.995. The zero-order valence-corrected chi connectivity index (χ0v) is 14.7. The zero-order chi connectivity index (χ0) is 16.5. The Kier molecular flexibility index (Phi) is 4.93. The van der Waals surface area contributed by atoms with Crippen LogP contribution in [0.1, 0.15) is 38.8 Å². The molecule has 2 heterocycles. The van der Waals surface area contributed by atoms with Crippen molar-refractivity contribution in [3.05, 3.63) is 34.0 Å². The molecule has 0 aliphatic carbocycles. The van der Waals surface area contributed by atoms with Gasteiger partial charge in [0, 0.05) is 17.5 Å². The van der Waals surface area contributed by atoms with E-state index in [0.717, 1.165) is 5.47 Å². The molecule has 0 atom stereocenters. The van der Waals surface area contributed by atoms with E-state index in [1.807, 2.05) is 39.8 Å². The lowest BCUT2D eigenvalue weighted by Crippen LogP contribution is -2.41. The normalized spacial score (nSPS) is 20.0. The molecule has 4 nitrogen and oxygen atoms in total. The standard InChI is InChI=1S/C15H18BClN2O2S/c1-14(2)15(3,4)21-16(20-14)12(9-22)6-11-5-10(7-18)8-19-13(11)17/h5-6,8,22H,9H2,1-4H3. The Morgan fingerprint density at radius 1 is 1.41 bits per heavy atom. The van der Waals surface area contributed by atoms with Gasteiger partial charge in [0.1, 0.15) is 11.2 Å². The van der Waals surface area contributed by atoms with Crippen molar-refractivity contribution in [1.82, 2.24) is 4.98 Å². The van der Waals surface area contributed by atoms with Crippen LogP contribution in [-0.4, -0.2) is 29.1 Å². The second-order valence-corrected chi connectivity index (χ2v) is 6.86. The molecule has 1 aromatic heterocycles. The molecule has 1 aromatic rings. The van der Waals surface area contributed by atoms with E-state index < -0.39 is 18.3 Å². The first-order valence-electron chi connectivity index (χ1n) is 6.93. The van der Waals surface area contributed by atoms with E-state index in [4.69, 9.17) is 26.2 Å². The lowest BCUT2D eigenvalue weighted by Gasteiger charge is -2.32. The predicted molar refractivity (Wildman–Crippen MR) is 91.9 cm³/mol. The van der Waals surface area contributed by atoms with Gasteiger partial charge in [-0.1, -0.05) is 17.7 Å². The molecule has 22 heavy (non-hydrogen) atoms. The maximum atomic E-state index is 8.97. The van der Waals surface area contributed by atoms with Gasteiger partial charge in [-0.15, -0.1) is 0 Å². The third-order valence-corrected chi connectivity index (χ3v) is 4.76. The van der Waals surface area contributed by atoms with Crippen LogP contribution in [0, 0.1) is 11.3 Å². The Balaban J connectivity index is 2.36. The number of hydrogen-bond donors (Lipinski definition) is 1. The molecule has 1 saturated heterocycles. The highest BCUT2D eigenvalue weighted by molar-refractivity contribution is 7.80. The SMILES string of the molecule is CC1(C)OB(C(=Cc2cc(C#N)cnc2Cl)CS)OC1(C)C. The van der Waals surface area contributed by atoms with E-state index in [-0.39, 0.29) is 0 Å². The summed E-state index contributed by atoms with van der Waals surface area (Å²) >= 11 is 10.5. The average Bonchev–Trinajstić information content (AvgIpc) is 2.66. The van der Waals surface area contributed by atoms with Crippen molar-refractivity contribution in [2.45, 2.75) is 38.9 Å². The van der Waals surface area contributed by atoms with Crippen molar-refractivity contribution < 1.29 is 9.31 Å². The minimum Gasteiger partial charge on any atom is -0.400 e. The first-order chi connectivity index (χ1) is 10.2. The summed E-state index contributed by atoms with van der Waals surface area (Å²) in [4.78, 5) is 4.01. The van der Waals surface area contributed by atoms with Crippen LogP contribution in [0.15, 0.2) is 17.7 Å². The third-order valence-electron chi connectivity index (χ3n) is 4.07. The van der Waals surface area contributed by atoms with Crippen molar-refractivity contribution >= 4 is 37.4 Å². The van der Waals surface area contributed by atoms with Gasteiger partial charge in [-0.2, -0.15) is 17.9 Å². The number of pyridine rings is 1. The van der Waals surface area contributed by atoms with Crippen LogP contribution in [0.25, 0.3) is 6.08 Å². The van der Waals surface area contributed by atoms with Gasteiger partial charge >= 0.3 is 7.12 Å². The van der Waals surface area contributed by atoms with E-state index in [1.165, 1.54) is 6.20 Å². The number of nitriles is 1. The van der Waals surface area contributed by atoms with Crippen molar-refractivity contribution in [3.8, 4) is 6.07 Å². The molecule has 0 unspecified atom stereocenters. The minimum absolute atomic E-state index is 0.329. The first kappa shape index (κ1) is 17.4. The monoisotopic (exact) mass is 336 g/mol. The summed E-state index contributed by atoms with van der Waals surface area (Å²) in [6.45, 7) is 7.98. The average molecular weight is 337 g/mol. The van der Waals surface area contributed by atoms with Gasteiger partial charge in [-0.25, -0.2) is 4.98 Å². The topological polar surface area (TPSA) is 55.1 Å². The fourth-order valence-electron chi connectivity index (χ4n) is 2.01. The van der Waals surface area contributed by atoms with Crippen LogP contribution in [0.2, 0.25) is 5.15 Å². The van der Waals surface area contributed by atoms with Gasteiger partial charge in [-0.05, 0) is 39.2 Å². The van der Waals surface area contributed by atoms with Crippen LogP contribution in [-0.2, 0) is 9.31 Å². The van der Waals surface area contributed by atoms with Crippen LogP contribution >= 0.6 is 24.2 Å². The fraction of sp³-hybridized carbons (Fsp3) is 0.467. The van der Waals surface area contributed by atoms with Gasteiger partial charge in [0.15, 0.2) is 0 Å². The van der Waals surface area contributed by atoms with Gasteiger partial charge in [0.05, 0.1) is 16.8 Å². The summed E-state index contributed by atoms with van der Waals surface area (Å²) < 4.78 is 12.0. The number of aromatic nitrogens is 1. The highest BCUT2D eigenvalue weighted by Gasteiger charge is 2.52. The molecule has 1 fully saturated rings. The van der Waals surface area contributed by atoms with Crippen molar-refractivity contribution in [1.29, 1.82) is 5.26 Å². The van der Waals surface area contributed by atoms with Crippen LogP contribution in [0.4, 0.5) is 0 Å². The second kappa shape index (κ2) is 6.25. The number of nitrogens with zero attached hydrogens (tertiary/aromatic N) is 2. The molecule has 0 saturated carbocycles. The smallest absolute Gasteiger partial charge is 0.400 e. The van der Waals surface area contributed by atoms with E-state index >= 15 is 0 Å². The summed E-state index contributed by atoms with van der Waals surface area (Å²) in [7, 11) is -0.496. The van der Waals surface area contributed by atoms with Gasteiger partial charge in [0.2, 0.25) is 0 Å². The molecule has 7 heteroatoms. The Labute approximate surface area is 142 Å².